The molecule has 0 aliphatic heterocycles. The molecule has 0 unspecified atom stereocenters. The molecule has 0 saturated carbocycles. The van der Waals surface area contributed by atoms with Crippen LogP contribution in [0.3, 0.4) is 0 Å². The molecule has 18 heavy (non-hydrogen) atoms. The van der Waals surface area contributed by atoms with Crippen LogP contribution in [0.5, 0.6) is 0 Å². The molecule has 1 rings (SSSR count). The minimum atomic E-state index is -4.76. The van der Waals surface area contributed by atoms with Crippen LogP contribution < -0.4 is 9.44 Å². The lowest BCUT2D eigenvalue weighted by atomic mass is 10.3. The Hall–Kier alpha value is -1.26. The van der Waals surface area contributed by atoms with Crippen LogP contribution in [0.1, 0.15) is 0 Å². The number of alkyl halides is 2. The van der Waals surface area contributed by atoms with Crippen molar-refractivity contribution in [1.82, 2.24) is 0 Å². The molecule has 102 valence electrons. The first-order chi connectivity index (χ1) is 8.06. The number of nitrogens with zero attached hydrogens (tertiary/aromatic N) is 1. The second kappa shape index (κ2) is 4.78. The van der Waals surface area contributed by atoms with Gasteiger partial charge < -0.3 is 0 Å². The maximum absolute atomic E-state index is 12.3. The number of anilines is 1. The number of sulfonamides is 2. The summed E-state index contributed by atoms with van der Waals surface area (Å²) in [5, 5.41) is 4.84. The van der Waals surface area contributed by atoms with E-state index < -0.39 is 25.8 Å². The summed E-state index contributed by atoms with van der Waals surface area (Å²) in [7, 11) is -7.73. The van der Waals surface area contributed by atoms with Crippen molar-refractivity contribution in [3.8, 4) is 0 Å². The molecule has 0 spiro atoms. The Bertz CT molecular complexity index is 626. The monoisotopic (exact) mass is 300 g/mol. The second-order valence-corrected chi connectivity index (χ2v) is 6.81. The first kappa shape index (κ1) is 14.8. The standard InChI is InChI=1S/C8H10F2N2O4S2/c1-12(18(15,16)8(9)10)6-2-4-7(5-3-6)17(11,13)14/h2-5,8H,1H3,(H2,11,13,14). The van der Waals surface area contributed by atoms with Gasteiger partial charge in [-0.05, 0) is 24.3 Å². The molecule has 6 nitrogen and oxygen atoms in total. The van der Waals surface area contributed by atoms with Crippen LogP contribution in [0, 0.1) is 0 Å². The summed E-state index contributed by atoms with van der Waals surface area (Å²) in [5.41, 5.74) is -0.0947. The highest BCUT2D eigenvalue weighted by molar-refractivity contribution is 7.93. The van der Waals surface area contributed by atoms with Crippen LogP contribution in [0.25, 0.3) is 0 Å². The molecule has 10 heteroatoms. The van der Waals surface area contributed by atoms with Crippen LogP contribution in [0.15, 0.2) is 29.2 Å². The average Bonchev–Trinajstić information content (AvgIpc) is 2.26. The number of hydrogen-bond acceptors (Lipinski definition) is 4. The molecule has 0 amide bonds. The molecule has 0 bridgehead atoms. The summed E-state index contributed by atoms with van der Waals surface area (Å²) in [4.78, 5) is -0.242. The molecular weight excluding hydrogens is 290 g/mol. The lowest BCUT2D eigenvalue weighted by Gasteiger charge is -2.18. The van der Waals surface area contributed by atoms with E-state index in [0.717, 1.165) is 31.3 Å². The summed E-state index contributed by atoms with van der Waals surface area (Å²) in [6, 6.07) is 4.20. The minimum absolute atomic E-state index is 0.0947. The van der Waals surface area contributed by atoms with Gasteiger partial charge >= 0.3 is 5.76 Å². The maximum atomic E-state index is 12.3. The van der Waals surface area contributed by atoms with Crippen molar-refractivity contribution >= 4 is 25.7 Å². The highest BCUT2D eigenvalue weighted by atomic mass is 32.2. The molecule has 0 aromatic heterocycles. The van der Waals surface area contributed by atoms with Crippen molar-refractivity contribution in [3.63, 3.8) is 0 Å². The van der Waals surface area contributed by atoms with Crippen LogP contribution in [0.4, 0.5) is 14.5 Å². The molecule has 0 atom stereocenters. The van der Waals surface area contributed by atoms with Gasteiger partial charge in [-0.2, -0.15) is 8.78 Å². The molecule has 1 aromatic rings. The van der Waals surface area contributed by atoms with Crippen LogP contribution in [0.2, 0.25) is 0 Å². The fraction of sp³-hybridized carbons (Fsp3) is 0.250. The number of halogens is 2. The number of hydrogen-bond donors (Lipinski definition) is 1. The van der Waals surface area contributed by atoms with Crippen molar-refractivity contribution in [1.29, 1.82) is 0 Å². The summed E-state index contributed by atoms with van der Waals surface area (Å²) >= 11 is 0. The van der Waals surface area contributed by atoms with Crippen molar-refractivity contribution in [2.75, 3.05) is 11.4 Å². The van der Waals surface area contributed by atoms with Gasteiger partial charge in [0.25, 0.3) is 10.0 Å². The van der Waals surface area contributed by atoms with Gasteiger partial charge in [0.05, 0.1) is 10.6 Å². The average molecular weight is 300 g/mol. The summed E-state index contributed by atoms with van der Waals surface area (Å²) in [5.74, 6) is -3.56. The zero-order valence-corrected chi connectivity index (χ0v) is 10.7. The predicted octanol–water partition coefficient (Wildman–Crippen LogP) is 0.323. The van der Waals surface area contributed by atoms with Crippen LogP contribution in [-0.4, -0.2) is 29.6 Å². The van der Waals surface area contributed by atoms with E-state index in [1.165, 1.54) is 0 Å². The molecule has 1 aromatic carbocycles. The Balaban J connectivity index is 3.15. The topological polar surface area (TPSA) is 97.5 Å². The van der Waals surface area contributed by atoms with Gasteiger partial charge in [-0.25, -0.2) is 22.0 Å². The van der Waals surface area contributed by atoms with E-state index in [9.17, 15) is 25.6 Å². The van der Waals surface area contributed by atoms with E-state index in [4.69, 9.17) is 5.14 Å². The zero-order chi connectivity index (χ0) is 14.1. The Morgan fingerprint density at radius 1 is 1.11 bits per heavy atom. The molecule has 2 N–H and O–H groups in total. The van der Waals surface area contributed by atoms with Crippen LogP contribution >= 0.6 is 0 Å². The fourth-order valence-corrected chi connectivity index (χ4v) is 2.28. The van der Waals surface area contributed by atoms with Gasteiger partial charge in [-0.3, -0.25) is 4.31 Å². The van der Waals surface area contributed by atoms with E-state index in [1.54, 1.807) is 0 Å². The first-order valence-electron chi connectivity index (χ1n) is 4.45. The number of nitrogens with two attached hydrogens (primary N) is 1. The summed E-state index contributed by atoms with van der Waals surface area (Å²) in [6.45, 7) is 0. The zero-order valence-electron chi connectivity index (χ0n) is 9.12. The minimum Gasteiger partial charge on any atom is -0.269 e. The third-order valence-electron chi connectivity index (χ3n) is 2.14. The van der Waals surface area contributed by atoms with Crippen molar-refractivity contribution in [2.24, 2.45) is 5.14 Å². The highest BCUT2D eigenvalue weighted by Gasteiger charge is 2.29. The quantitative estimate of drug-likeness (QED) is 0.866. The Morgan fingerprint density at radius 3 is 1.89 bits per heavy atom. The second-order valence-electron chi connectivity index (χ2n) is 3.31. The smallest absolute Gasteiger partial charge is 0.269 e. The molecule has 0 heterocycles. The molecule has 0 fully saturated rings. The van der Waals surface area contributed by atoms with Gasteiger partial charge in [-0.15, -0.1) is 0 Å². The number of primary sulfonamides is 1. The van der Waals surface area contributed by atoms with E-state index in [2.05, 4.69) is 0 Å². The Morgan fingerprint density at radius 2 is 1.56 bits per heavy atom. The molecule has 0 saturated heterocycles. The van der Waals surface area contributed by atoms with Gasteiger partial charge in [0, 0.05) is 7.05 Å². The van der Waals surface area contributed by atoms with Crippen molar-refractivity contribution in [3.05, 3.63) is 24.3 Å². The molecular formula is C8H10F2N2O4S2. The molecule has 0 aliphatic rings. The fourth-order valence-electron chi connectivity index (χ4n) is 1.11. The third-order valence-corrected chi connectivity index (χ3v) is 4.49. The normalized spacial score (nSPS) is 12.7. The largest absolute Gasteiger partial charge is 0.355 e. The van der Waals surface area contributed by atoms with E-state index in [0.29, 0.717) is 4.31 Å². The van der Waals surface area contributed by atoms with E-state index >= 15 is 0 Å². The maximum Gasteiger partial charge on any atom is 0.355 e. The lowest BCUT2D eigenvalue weighted by Crippen LogP contribution is -2.31. The first-order valence-corrected chi connectivity index (χ1v) is 7.50. The van der Waals surface area contributed by atoms with Crippen molar-refractivity contribution in [2.45, 2.75) is 10.7 Å². The molecule has 0 aliphatic carbocycles. The predicted molar refractivity (Wildman–Crippen MR) is 61.1 cm³/mol. The van der Waals surface area contributed by atoms with Crippen LogP contribution in [-0.2, 0) is 20.0 Å². The van der Waals surface area contributed by atoms with Gasteiger partial charge in [0.2, 0.25) is 10.0 Å². The number of rotatable bonds is 4. The number of benzene rings is 1. The molecule has 0 radical (unpaired) electrons. The summed E-state index contributed by atoms with van der Waals surface area (Å²) in [6.07, 6.45) is 0. The Labute approximate surface area is 103 Å². The van der Waals surface area contributed by atoms with Gasteiger partial charge in [0.1, 0.15) is 0 Å². The Kier molecular flexibility index (Phi) is 3.93. The third kappa shape index (κ3) is 2.94. The van der Waals surface area contributed by atoms with E-state index in [1.807, 2.05) is 0 Å². The van der Waals surface area contributed by atoms with Crippen molar-refractivity contribution < 1.29 is 25.6 Å². The van der Waals surface area contributed by atoms with Gasteiger partial charge in [-0.1, -0.05) is 0 Å². The van der Waals surface area contributed by atoms with E-state index in [-0.39, 0.29) is 10.6 Å². The van der Waals surface area contributed by atoms with Gasteiger partial charge in [0.15, 0.2) is 0 Å². The lowest BCUT2D eigenvalue weighted by molar-refractivity contribution is 0.234. The highest BCUT2D eigenvalue weighted by Crippen LogP contribution is 2.21. The summed E-state index contributed by atoms with van der Waals surface area (Å²) < 4.78 is 69.1. The SMILES string of the molecule is CN(c1ccc(S(N)(=O)=O)cc1)S(=O)(=O)C(F)F.